The lowest BCUT2D eigenvalue weighted by Gasteiger charge is -2.20. The van der Waals surface area contributed by atoms with Gasteiger partial charge in [0.2, 0.25) is 0 Å². The normalized spacial score (nSPS) is 25.3. The number of esters is 1. The summed E-state index contributed by atoms with van der Waals surface area (Å²) in [6.45, 7) is 0.0455. The fraction of sp³-hybridized carbons (Fsp3) is 0.556. The molecule has 2 fully saturated rings. The summed E-state index contributed by atoms with van der Waals surface area (Å²) in [5.41, 5.74) is 0.799. The van der Waals surface area contributed by atoms with E-state index in [9.17, 15) is 14.0 Å². The molecule has 0 radical (unpaired) electrons. The van der Waals surface area contributed by atoms with Crippen LogP contribution in [0.25, 0.3) is 0 Å². The Labute approximate surface area is 135 Å². The molecule has 3 rings (SSSR count). The highest BCUT2D eigenvalue weighted by Gasteiger charge is 2.40. The first-order valence-corrected chi connectivity index (χ1v) is 8.27. The molecular weight excluding hydrogens is 297 g/mol. The van der Waals surface area contributed by atoms with Crippen molar-refractivity contribution in [1.29, 1.82) is 0 Å². The molecule has 1 N–H and O–H groups in total. The van der Waals surface area contributed by atoms with E-state index in [1.54, 1.807) is 12.1 Å². The van der Waals surface area contributed by atoms with Crippen molar-refractivity contribution in [3.8, 4) is 0 Å². The number of fused-ring (bicyclic) bond motifs is 2. The minimum atomic E-state index is -0.337. The predicted molar refractivity (Wildman–Crippen MR) is 82.8 cm³/mol. The standard InChI is InChI=1S/C18H22FNO3/c19-16-5-2-12(3-6-16)10-20-17(21)11-23-18(22)9-15-8-13-1-4-14(15)7-13/h2-3,5-6,13-15H,1,4,7-11H2,(H,20,21)/t13-,14+,15+/m0/s1. The SMILES string of the molecule is O=C(COC(=O)C[C@H]1C[C@H]2CC[C@@H]1C2)NCc1ccc(F)cc1. The van der Waals surface area contributed by atoms with Gasteiger partial charge in [0, 0.05) is 13.0 Å². The molecule has 0 unspecified atom stereocenters. The summed E-state index contributed by atoms with van der Waals surface area (Å²) >= 11 is 0. The van der Waals surface area contributed by atoms with Crippen LogP contribution in [0.3, 0.4) is 0 Å². The molecule has 124 valence electrons. The molecule has 2 saturated carbocycles. The van der Waals surface area contributed by atoms with Gasteiger partial charge in [-0.3, -0.25) is 9.59 Å². The van der Waals surface area contributed by atoms with Crippen molar-refractivity contribution in [2.24, 2.45) is 17.8 Å². The van der Waals surface area contributed by atoms with Crippen LogP contribution < -0.4 is 5.32 Å². The molecule has 0 aromatic heterocycles. The summed E-state index contributed by atoms with van der Waals surface area (Å²) in [5, 5.41) is 2.66. The van der Waals surface area contributed by atoms with Gasteiger partial charge in [-0.05, 0) is 54.7 Å². The summed E-state index contributed by atoms with van der Waals surface area (Å²) in [6, 6.07) is 5.90. The van der Waals surface area contributed by atoms with Crippen LogP contribution >= 0.6 is 0 Å². The highest BCUT2D eigenvalue weighted by atomic mass is 19.1. The summed E-state index contributed by atoms with van der Waals surface area (Å²) in [4.78, 5) is 23.5. The Balaban J connectivity index is 1.34. The van der Waals surface area contributed by atoms with Crippen LogP contribution in [0.5, 0.6) is 0 Å². The Kier molecular flexibility index (Phi) is 4.94. The lowest BCUT2D eigenvalue weighted by molar-refractivity contribution is -0.149. The fourth-order valence-corrected chi connectivity index (χ4v) is 3.90. The second-order valence-electron chi connectivity index (χ2n) is 6.70. The Morgan fingerprint density at radius 1 is 1.17 bits per heavy atom. The van der Waals surface area contributed by atoms with Crippen LogP contribution in [0, 0.1) is 23.6 Å². The first-order valence-electron chi connectivity index (χ1n) is 8.27. The largest absolute Gasteiger partial charge is 0.456 e. The van der Waals surface area contributed by atoms with Crippen LogP contribution in [0.2, 0.25) is 0 Å². The zero-order valence-electron chi connectivity index (χ0n) is 13.1. The molecule has 1 aromatic rings. The number of carbonyl (C=O) groups is 2. The van der Waals surface area contributed by atoms with Crippen LogP contribution in [0.1, 0.15) is 37.7 Å². The van der Waals surface area contributed by atoms with Crippen molar-refractivity contribution in [3.63, 3.8) is 0 Å². The summed E-state index contributed by atoms with van der Waals surface area (Å²) < 4.78 is 17.8. The Hall–Kier alpha value is -1.91. The third-order valence-electron chi connectivity index (χ3n) is 5.08. The quantitative estimate of drug-likeness (QED) is 0.820. The van der Waals surface area contributed by atoms with Crippen molar-refractivity contribution < 1.29 is 18.7 Å². The molecule has 3 atom stereocenters. The molecule has 2 aliphatic carbocycles. The van der Waals surface area contributed by atoms with E-state index in [4.69, 9.17) is 4.74 Å². The zero-order valence-corrected chi connectivity index (χ0v) is 13.1. The lowest BCUT2D eigenvalue weighted by Crippen LogP contribution is -2.29. The number of nitrogens with one attached hydrogen (secondary N) is 1. The number of hydrogen-bond acceptors (Lipinski definition) is 3. The Morgan fingerprint density at radius 2 is 1.96 bits per heavy atom. The molecule has 1 amide bonds. The molecule has 1 aromatic carbocycles. The number of ether oxygens (including phenoxy) is 1. The van der Waals surface area contributed by atoms with Crippen LogP contribution in [-0.2, 0) is 20.9 Å². The smallest absolute Gasteiger partial charge is 0.306 e. The second-order valence-corrected chi connectivity index (χ2v) is 6.70. The number of carbonyl (C=O) groups excluding carboxylic acids is 2. The number of rotatable bonds is 6. The van der Waals surface area contributed by atoms with Crippen molar-refractivity contribution in [1.82, 2.24) is 5.32 Å². The van der Waals surface area contributed by atoms with Crippen LogP contribution in [-0.4, -0.2) is 18.5 Å². The zero-order chi connectivity index (χ0) is 16.2. The molecule has 0 saturated heterocycles. The predicted octanol–water partition coefficient (Wildman–Crippen LogP) is 2.81. The van der Waals surface area contributed by atoms with Crippen molar-refractivity contribution in [2.45, 2.75) is 38.6 Å². The fourth-order valence-electron chi connectivity index (χ4n) is 3.90. The van der Waals surface area contributed by atoms with E-state index in [1.165, 1.54) is 31.4 Å². The maximum Gasteiger partial charge on any atom is 0.306 e. The minimum absolute atomic E-state index is 0.249. The molecule has 0 spiro atoms. The number of amides is 1. The van der Waals surface area contributed by atoms with Gasteiger partial charge in [-0.1, -0.05) is 18.6 Å². The number of benzene rings is 1. The summed E-state index contributed by atoms with van der Waals surface area (Å²) in [5.74, 6) is 1.00. The van der Waals surface area contributed by atoms with Gasteiger partial charge in [0.25, 0.3) is 5.91 Å². The van der Waals surface area contributed by atoms with Gasteiger partial charge < -0.3 is 10.1 Å². The average molecular weight is 319 g/mol. The third kappa shape index (κ3) is 4.30. The molecule has 2 bridgehead atoms. The van der Waals surface area contributed by atoms with E-state index in [0.29, 0.717) is 24.8 Å². The monoisotopic (exact) mass is 319 g/mol. The van der Waals surface area contributed by atoms with Crippen molar-refractivity contribution in [2.75, 3.05) is 6.61 Å². The van der Waals surface area contributed by atoms with E-state index in [-0.39, 0.29) is 24.3 Å². The molecule has 2 aliphatic rings. The molecule has 0 heterocycles. The van der Waals surface area contributed by atoms with Gasteiger partial charge in [-0.25, -0.2) is 4.39 Å². The summed E-state index contributed by atoms with van der Waals surface area (Å²) in [6.07, 6.45) is 5.38. The van der Waals surface area contributed by atoms with E-state index in [2.05, 4.69) is 5.32 Å². The summed E-state index contributed by atoms with van der Waals surface area (Å²) in [7, 11) is 0. The molecule has 4 nitrogen and oxygen atoms in total. The molecule has 23 heavy (non-hydrogen) atoms. The van der Waals surface area contributed by atoms with Crippen molar-refractivity contribution >= 4 is 11.9 Å². The van der Waals surface area contributed by atoms with Gasteiger partial charge in [0.05, 0.1) is 0 Å². The van der Waals surface area contributed by atoms with Crippen LogP contribution in [0.4, 0.5) is 4.39 Å². The van der Waals surface area contributed by atoms with E-state index in [1.807, 2.05) is 0 Å². The highest BCUT2D eigenvalue weighted by molar-refractivity contribution is 5.80. The Morgan fingerprint density at radius 3 is 2.61 bits per heavy atom. The minimum Gasteiger partial charge on any atom is -0.456 e. The molecular formula is C18H22FNO3. The maximum absolute atomic E-state index is 12.8. The first-order chi connectivity index (χ1) is 11.1. The van der Waals surface area contributed by atoms with E-state index >= 15 is 0 Å². The molecule has 5 heteroatoms. The number of hydrogen-bond donors (Lipinski definition) is 1. The topological polar surface area (TPSA) is 55.4 Å². The van der Waals surface area contributed by atoms with Crippen LogP contribution in [0.15, 0.2) is 24.3 Å². The maximum atomic E-state index is 12.8. The highest BCUT2D eigenvalue weighted by Crippen LogP contribution is 2.49. The average Bonchev–Trinajstić information content (AvgIpc) is 3.15. The van der Waals surface area contributed by atoms with Gasteiger partial charge in [0.15, 0.2) is 6.61 Å². The van der Waals surface area contributed by atoms with Crippen molar-refractivity contribution in [3.05, 3.63) is 35.6 Å². The van der Waals surface area contributed by atoms with Gasteiger partial charge in [-0.15, -0.1) is 0 Å². The van der Waals surface area contributed by atoms with E-state index in [0.717, 1.165) is 17.9 Å². The van der Waals surface area contributed by atoms with Gasteiger partial charge in [0.1, 0.15) is 5.82 Å². The van der Waals surface area contributed by atoms with E-state index < -0.39 is 0 Å². The van der Waals surface area contributed by atoms with Gasteiger partial charge in [-0.2, -0.15) is 0 Å². The first kappa shape index (κ1) is 16.0. The second kappa shape index (κ2) is 7.11. The Bertz CT molecular complexity index is 572. The lowest BCUT2D eigenvalue weighted by atomic mass is 9.86. The third-order valence-corrected chi connectivity index (χ3v) is 5.08. The van der Waals surface area contributed by atoms with Gasteiger partial charge >= 0.3 is 5.97 Å². The molecule has 0 aliphatic heterocycles. The number of halogens is 1.